The first kappa shape index (κ1) is 21.6. The Bertz CT molecular complexity index is 886. The number of hydrogen-bond donors (Lipinski definition) is 2. The van der Waals surface area contributed by atoms with Crippen LogP contribution < -0.4 is 15.5 Å². The molecule has 2 aromatic heterocycles. The van der Waals surface area contributed by atoms with Crippen molar-refractivity contribution in [3.63, 3.8) is 0 Å². The summed E-state index contributed by atoms with van der Waals surface area (Å²) in [5.74, 6) is 0.856. The summed E-state index contributed by atoms with van der Waals surface area (Å²) in [5, 5.41) is 10.6. The number of nitrogens with one attached hydrogen (secondary N) is 2. The zero-order valence-corrected chi connectivity index (χ0v) is 19.6. The highest BCUT2D eigenvalue weighted by molar-refractivity contribution is 14.0. The lowest BCUT2D eigenvalue weighted by atomic mass is 10.1. The number of thiophene rings is 1. The smallest absolute Gasteiger partial charge is 0.191 e. The molecule has 0 atom stereocenters. The number of anilines is 1. The largest absolute Gasteiger partial charge is 0.363 e. The second-order valence-corrected chi connectivity index (χ2v) is 7.81. The van der Waals surface area contributed by atoms with Gasteiger partial charge in [0.15, 0.2) is 5.96 Å². The lowest BCUT2D eigenvalue weighted by molar-refractivity contribution is 0.463. The van der Waals surface area contributed by atoms with Crippen molar-refractivity contribution in [1.82, 2.24) is 20.2 Å². The summed E-state index contributed by atoms with van der Waals surface area (Å²) >= 11 is 1.82. The van der Waals surface area contributed by atoms with E-state index in [1.54, 1.807) is 6.20 Å². The summed E-state index contributed by atoms with van der Waals surface area (Å²) < 4.78 is 2.04. The van der Waals surface area contributed by atoms with Crippen LogP contribution in [0.4, 0.5) is 5.00 Å². The molecule has 0 bridgehead atoms. The number of piperidine rings is 1. The fourth-order valence-corrected chi connectivity index (χ4v) is 4.36. The van der Waals surface area contributed by atoms with Crippen LogP contribution in [-0.2, 0) is 6.54 Å². The van der Waals surface area contributed by atoms with Crippen molar-refractivity contribution in [1.29, 1.82) is 0 Å². The van der Waals surface area contributed by atoms with Gasteiger partial charge in [0, 0.05) is 45.1 Å². The monoisotopic (exact) mass is 522 g/mol. The summed E-state index contributed by atoms with van der Waals surface area (Å²) in [6.07, 6.45) is 7.82. The van der Waals surface area contributed by atoms with E-state index in [4.69, 9.17) is 0 Å². The first-order valence-corrected chi connectivity index (χ1v) is 10.5. The van der Waals surface area contributed by atoms with E-state index >= 15 is 0 Å². The molecule has 0 amide bonds. The van der Waals surface area contributed by atoms with E-state index in [2.05, 4.69) is 61.2 Å². The normalized spacial score (nSPS) is 15.1. The second kappa shape index (κ2) is 10.6. The van der Waals surface area contributed by atoms with E-state index in [1.807, 2.05) is 41.5 Å². The maximum atomic E-state index is 4.42. The Hall–Kier alpha value is -2.07. The Labute approximate surface area is 193 Å². The molecule has 2 N–H and O–H groups in total. The Morgan fingerprint density at radius 2 is 2.03 bits per heavy atom. The SMILES string of the molecule is CN=C(NCc1ccccc1-n1ccnc1)NC1CCN(c2cccs2)CC1.I. The highest BCUT2D eigenvalue weighted by Crippen LogP contribution is 2.24. The minimum Gasteiger partial charge on any atom is -0.363 e. The number of nitrogens with zero attached hydrogens (tertiary/aromatic N) is 4. The Balaban J connectivity index is 0.00000240. The van der Waals surface area contributed by atoms with Crippen molar-refractivity contribution in [2.75, 3.05) is 25.0 Å². The summed E-state index contributed by atoms with van der Waals surface area (Å²) in [4.78, 5) is 11.1. The molecular formula is C21H27IN6S. The molecule has 1 aliphatic heterocycles. The summed E-state index contributed by atoms with van der Waals surface area (Å²) in [6, 6.07) is 13.1. The van der Waals surface area contributed by atoms with Crippen molar-refractivity contribution < 1.29 is 0 Å². The lowest BCUT2D eigenvalue weighted by Crippen LogP contribution is -2.48. The molecular weight excluding hydrogens is 495 g/mol. The van der Waals surface area contributed by atoms with Gasteiger partial charge in [0.25, 0.3) is 0 Å². The highest BCUT2D eigenvalue weighted by atomic mass is 127. The predicted octanol–water partition coefficient (Wildman–Crippen LogP) is 3.89. The molecule has 1 aromatic carbocycles. The fourth-order valence-electron chi connectivity index (χ4n) is 3.57. The third-order valence-electron chi connectivity index (χ3n) is 5.10. The van der Waals surface area contributed by atoms with Crippen LogP contribution in [0.15, 0.2) is 65.5 Å². The zero-order chi connectivity index (χ0) is 19.2. The van der Waals surface area contributed by atoms with Crippen LogP contribution in [0.3, 0.4) is 0 Å². The molecule has 1 saturated heterocycles. The number of para-hydroxylation sites is 1. The van der Waals surface area contributed by atoms with Crippen LogP contribution >= 0.6 is 35.3 Å². The van der Waals surface area contributed by atoms with Gasteiger partial charge in [-0.05, 0) is 42.0 Å². The zero-order valence-electron chi connectivity index (χ0n) is 16.5. The Kier molecular flexibility index (Phi) is 7.93. The number of benzene rings is 1. The number of imidazole rings is 1. The third-order valence-corrected chi connectivity index (χ3v) is 6.03. The summed E-state index contributed by atoms with van der Waals surface area (Å²) in [6.45, 7) is 2.87. The molecule has 1 aliphatic rings. The minimum absolute atomic E-state index is 0. The Morgan fingerprint density at radius 1 is 1.21 bits per heavy atom. The van der Waals surface area contributed by atoms with E-state index in [0.717, 1.165) is 37.6 Å². The van der Waals surface area contributed by atoms with Gasteiger partial charge in [-0.25, -0.2) is 4.98 Å². The van der Waals surface area contributed by atoms with E-state index in [0.29, 0.717) is 12.6 Å². The summed E-state index contributed by atoms with van der Waals surface area (Å²) in [5.41, 5.74) is 2.34. The lowest BCUT2D eigenvalue weighted by Gasteiger charge is -2.33. The average Bonchev–Trinajstić information content (AvgIpc) is 3.46. The molecule has 3 aromatic rings. The average molecular weight is 522 g/mol. The standard InChI is InChI=1S/C21H26N6S.HI/c1-22-21(25-18-8-11-26(12-9-18)20-7-4-14-28-20)24-15-17-5-2-3-6-19(17)27-13-10-23-16-27;/h2-7,10,13-14,16,18H,8-9,11-12,15H2,1H3,(H2,22,24,25);1H. The Morgan fingerprint density at radius 3 is 2.72 bits per heavy atom. The highest BCUT2D eigenvalue weighted by Gasteiger charge is 2.20. The van der Waals surface area contributed by atoms with E-state index in [9.17, 15) is 0 Å². The van der Waals surface area contributed by atoms with Gasteiger partial charge in [0.2, 0.25) is 0 Å². The molecule has 1 fully saturated rings. The minimum atomic E-state index is 0. The maximum absolute atomic E-state index is 4.42. The van der Waals surface area contributed by atoms with Gasteiger partial charge in [-0.15, -0.1) is 35.3 Å². The van der Waals surface area contributed by atoms with Crippen molar-refractivity contribution in [2.24, 2.45) is 4.99 Å². The van der Waals surface area contributed by atoms with Crippen molar-refractivity contribution in [3.05, 3.63) is 66.1 Å². The second-order valence-electron chi connectivity index (χ2n) is 6.88. The van der Waals surface area contributed by atoms with Crippen molar-refractivity contribution in [3.8, 4) is 5.69 Å². The van der Waals surface area contributed by atoms with Crippen LogP contribution in [0.25, 0.3) is 5.69 Å². The van der Waals surface area contributed by atoms with Crippen LogP contribution in [-0.4, -0.2) is 41.7 Å². The summed E-state index contributed by atoms with van der Waals surface area (Å²) in [7, 11) is 1.83. The number of aromatic nitrogens is 2. The molecule has 6 nitrogen and oxygen atoms in total. The van der Waals surface area contributed by atoms with E-state index in [-0.39, 0.29) is 24.0 Å². The van der Waals surface area contributed by atoms with Crippen LogP contribution in [0.1, 0.15) is 18.4 Å². The van der Waals surface area contributed by atoms with E-state index < -0.39 is 0 Å². The van der Waals surface area contributed by atoms with Crippen LogP contribution in [0, 0.1) is 0 Å². The molecule has 0 spiro atoms. The predicted molar refractivity (Wildman–Crippen MR) is 132 cm³/mol. The van der Waals surface area contributed by atoms with E-state index in [1.165, 1.54) is 10.6 Å². The molecule has 154 valence electrons. The van der Waals surface area contributed by atoms with Crippen molar-refractivity contribution in [2.45, 2.75) is 25.4 Å². The van der Waals surface area contributed by atoms with Crippen LogP contribution in [0.2, 0.25) is 0 Å². The quantitative estimate of drug-likeness (QED) is 0.304. The van der Waals surface area contributed by atoms with Gasteiger partial charge in [-0.2, -0.15) is 0 Å². The molecule has 0 aliphatic carbocycles. The maximum Gasteiger partial charge on any atom is 0.191 e. The molecule has 4 rings (SSSR count). The van der Waals surface area contributed by atoms with Gasteiger partial charge < -0.3 is 20.1 Å². The topological polar surface area (TPSA) is 57.5 Å². The first-order chi connectivity index (χ1) is 13.8. The third kappa shape index (κ3) is 5.51. The number of aliphatic imine (C=N–C) groups is 1. The molecule has 0 saturated carbocycles. The van der Waals surface area contributed by atoms with Gasteiger partial charge >= 0.3 is 0 Å². The van der Waals surface area contributed by atoms with Gasteiger partial charge in [-0.1, -0.05) is 18.2 Å². The molecule has 29 heavy (non-hydrogen) atoms. The first-order valence-electron chi connectivity index (χ1n) is 9.65. The fraction of sp³-hybridized carbons (Fsp3) is 0.333. The molecule has 0 radical (unpaired) electrons. The van der Waals surface area contributed by atoms with Gasteiger partial charge in [0.1, 0.15) is 0 Å². The van der Waals surface area contributed by atoms with Gasteiger partial charge in [-0.3, -0.25) is 4.99 Å². The van der Waals surface area contributed by atoms with Gasteiger partial charge in [0.05, 0.1) is 17.0 Å². The molecule has 8 heteroatoms. The molecule has 3 heterocycles. The number of rotatable bonds is 5. The molecule has 0 unspecified atom stereocenters. The number of hydrogen-bond acceptors (Lipinski definition) is 4. The van der Waals surface area contributed by atoms with Crippen molar-refractivity contribution >= 4 is 46.3 Å². The number of halogens is 1. The van der Waals surface area contributed by atoms with Crippen LogP contribution in [0.5, 0.6) is 0 Å². The number of guanidine groups is 1.